The number of ketones is 2. The molecule has 4 fully saturated rings. The highest BCUT2D eigenvalue weighted by Crippen LogP contribution is 2.69. The molecule has 6 nitrogen and oxygen atoms in total. The van der Waals surface area contributed by atoms with E-state index in [-0.39, 0.29) is 34.2 Å². The fourth-order valence-electron chi connectivity index (χ4n) is 13.1. The third-order valence-electron chi connectivity index (χ3n) is 15.8. The van der Waals surface area contributed by atoms with E-state index in [1.165, 1.54) is 31.4 Å². The van der Waals surface area contributed by atoms with Crippen molar-refractivity contribution in [3.63, 3.8) is 0 Å². The first-order valence-electron chi connectivity index (χ1n) is 19.4. The van der Waals surface area contributed by atoms with Crippen LogP contribution in [0.5, 0.6) is 5.75 Å². The van der Waals surface area contributed by atoms with Crippen molar-refractivity contribution in [2.24, 2.45) is 45.8 Å². The molecule has 1 aromatic carbocycles. The zero-order chi connectivity index (χ0) is 37.6. The van der Waals surface area contributed by atoms with Gasteiger partial charge in [-0.25, -0.2) is 0 Å². The number of fused-ring (bicyclic) bond motifs is 10. The quantitative estimate of drug-likeness (QED) is 0.190. The molecule has 1 unspecified atom stereocenters. The van der Waals surface area contributed by atoms with E-state index in [0.717, 1.165) is 62.7 Å². The summed E-state index contributed by atoms with van der Waals surface area (Å²) in [5.41, 5.74) is 1.70. The van der Waals surface area contributed by atoms with Crippen LogP contribution in [0.4, 0.5) is 0 Å². The van der Waals surface area contributed by atoms with Crippen LogP contribution in [0.2, 0.25) is 0 Å². The van der Waals surface area contributed by atoms with Gasteiger partial charge in [0.15, 0.2) is 17.2 Å². The van der Waals surface area contributed by atoms with Crippen LogP contribution in [0, 0.1) is 58.2 Å². The fourth-order valence-corrected chi connectivity index (χ4v) is 13.5. The summed E-state index contributed by atoms with van der Waals surface area (Å²) in [5, 5.41) is 11.6. The molecule has 0 bridgehead atoms. The number of aryl methyl sites for hydroxylation is 1. The lowest BCUT2D eigenvalue weighted by Crippen LogP contribution is -2.58. The number of rotatable bonds is 3. The van der Waals surface area contributed by atoms with Crippen LogP contribution in [0.1, 0.15) is 116 Å². The molecule has 7 aliphatic rings. The summed E-state index contributed by atoms with van der Waals surface area (Å²) in [6, 6.07) is 6.59. The van der Waals surface area contributed by atoms with Crippen molar-refractivity contribution in [1.29, 1.82) is 0 Å². The number of allylic oxidation sites excluding steroid dienone is 4. The number of carbonyl (C=O) groups excluding carboxylic acids is 3. The number of terminal acetylenes is 1. The molecular formula is C45H55ClO6. The first kappa shape index (κ1) is 37.2. The predicted octanol–water partition coefficient (Wildman–Crippen LogP) is 8.83. The summed E-state index contributed by atoms with van der Waals surface area (Å²) >= 11 is 6.72. The Bertz CT molecular complexity index is 1830. The number of esters is 1. The van der Waals surface area contributed by atoms with Crippen molar-refractivity contribution in [2.45, 2.75) is 122 Å². The molecule has 7 aliphatic carbocycles. The second-order valence-corrected chi connectivity index (χ2v) is 18.2. The van der Waals surface area contributed by atoms with Gasteiger partial charge in [-0.2, -0.15) is 0 Å². The van der Waals surface area contributed by atoms with E-state index in [9.17, 15) is 19.5 Å². The standard InChI is InChI=1S/C24H29ClO4.C21H26O2/c1-13-10-19-17-12-21(25)20-11-16(28)6-8-22(20,4)18(17)7-9-23(19,5)24(13,14(2)26)29-15(3)27;1-4-21(22)12-10-19-18-7-5-14-13-15(23-3)6-8-16(14)17(18)9-11-20(19,21)2/h11-12,17-19H,1,6-10H2,2-5H3;1,6,8,13,17-19,22H,5,7,9-12H2,2-3H3/t17-,18+,19+,22-,23+,24+;17-,18-,19+,20+,21?/m11/s1. The predicted molar refractivity (Wildman–Crippen MR) is 203 cm³/mol. The normalized spacial score (nSPS) is 42.6. The highest BCUT2D eigenvalue weighted by molar-refractivity contribution is 6.32. The molecule has 0 aromatic heterocycles. The summed E-state index contributed by atoms with van der Waals surface area (Å²) in [6.07, 6.45) is 19.6. The minimum Gasteiger partial charge on any atom is -0.497 e. The molecule has 0 spiro atoms. The van der Waals surface area contributed by atoms with Crippen molar-refractivity contribution >= 4 is 29.1 Å². The third kappa shape index (κ3) is 5.11. The van der Waals surface area contributed by atoms with Gasteiger partial charge in [0.25, 0.3) is 0 Å². The number of Topliss-reactive ketones (excluding diaryl/α,β-unsaturated/α-hetero) is 1. The van der Waals surface area contributed by atoms with Gasteiger partial charge in [0.05, 0.1) is 7.11 Å². The fraction of sp³-hybridized carbons (Fsp3) is 0.622. The minimum absolute atomic E-state index is 0.104. The summed E-state index contributed by atoms with van der Waals surface area (Å²) in [7, 11) is 1.73. The molecule has 278 valence electrons. The van der Waals surface area contributed by atoms with E-state index in [2.05, 4.69) is 57.5 Å². The van der Waals surface area contributed by atoms with Gasteiger partial charge in [0.1, 0.15) is 11.4 Å². The number of methoxy groups -OCH3 is 1. The van der Waals surface area contributed by atoms with E-state index in [4.69, 9.17) is 27.5 Å². The highest BCUT2D eigenvalue weighted by Gasteiger charge is 2.69. The van der Waals surface area contributed by atoms with Gasteiger partial charge < -0.3 is 14.6 Å². The molecule has 52 heavy (non-hydrogen) atoms. The summed E-state index contributed by atoms with van der Waals surface area (Å²) in [5.74, 6) is 5.71. The lowest BCUT2D eigenvalue weighted by atomic mass is 9.48. The van der Waals surface area contributed by atoms with Gasteiger partial charge >= 0.3 is 5.97 Å². The van der Waals surface area contributed by atoms with Gasteiger partial charge in [-0.3, -0.25) is 14.4 Å². The largest absolute Gasteiger partial charge is 0.497 e. The SMILES string of the molecule is C#CC1(O)CC[C@H]2[C@@H]3CCc4cc(OC)ccc4[C@H]3CC[C@@]21C.C=C1C[C@H]2[C@@H]3C=C(Cl)C4=CC(=O)CC[C@]4(C)[C@H]3CC[C@]2(C)[C@@]1(OC(C)=O)C(C)=O. The van der Waals surface area contributed by atoms with Gasteiger partial charge in [-0.05, 0) is 153 Å². The van der Waals surface area contributed by atoms with Crippen LogP contribution >= 0.6 is 11.6 Å². The monoisotopic (exact) mass is 726 g/mol. The van der Waals surface area contributed by atoms with Crippen molar-refractivity contribution < 1.29 is 29.0 Å². The Morgan fingerprint density at radius 2 is 1.69 bits per heavy atom. The molecule has 7 heteroatoms. The maximum Gasteiger partial charge on any atom is 0.303 e. The van der Waals surface area contributed by atoms with E-state index < -0.39 is 22.6 Å². The molecule has 0 amide bonds. The molecule has 4 saturated carbocycles. The average Bonchev–Trinajstić information content (AvgIpc) is 3.51. The maximum absolute atomic E-state index is 12.9. The smallest absolute Gasteiger partial charge is 0.303 e. The number of halogens is 1. The van der Waals surface area contributed by atoms with Crippen LogP contribution in [0.3, 0.4) is 0 Å². The Hall–Kier alpha value is -3.14. The second-order valence-electron chi connectivity index (χ2n) is 17.8. The topological polar surface area (TPSA) is 89.9 Å². The number of carbonyl (C=O) groups is 3. The molecule has 8 rings (SSSR count). The molecule has 0 radical (unpaired) electrons. The Morgan fingerprint density at radius 3 is 2.37 bits per heavy atom. The third-order valence-corrected chi connectivity index (χ3v) is 16.2. The van der Waals surface area contributed by atoms with Gasteiger partial charge in [0.2, 0.25) is 0 Å². The first-order valence-corrected chi connectivity index (χ1v) is 19.8. The molecular weight excluding hydrogens is 672 g/mol. The summed E-state index contributed by atoms with van der Waals surface area (Å²) in [4.78, 5) is 36.9. The Labute approximate surface area is 314 Å². The van der Waals surface area contributed by atoms with E-state index in [0.29, 0.717) is 47.1 Å². The zero-order valence-corrected chi connectivity index (χ0v) is 32.5. The number of benzene rings is 1. The summed E-state index contributed by atoms with van der Waals surface area (Å²) in [6.45, 7) is 13.6. The second kappa shape index (κ2) is 12.7. The summed E-state index contributed by atoms with van der Waals surface area (Å²) < 4.78 is 11.2. The van der Waals surface area contributed by atoms with Gasteiger partial charge in [-0.15, -0.1) is 6.42 Å². The molecule has 1 aromatic rings. The number of hydrogen-bond acceptors (Lipinski definition) is 6. The molecule has 0 aliphatic heterocycles. The average molecular weight is 727 g/mol. The number of aliphatic hydroxyl groups is 1. The van der Waals surface area contributed by atoms with Crippen LogP contribution in [-0.2, 0) is 25.5 Å². The van der Waals surface area contributed by atoms with Crippen LogP contribution in [-0.4, -0.2) is 41.0 Å². The highest BCUT2D eigenvalue weighted by atomic mass is 35.5. The van der Waals surface area contributed by atoms with Crippen molar-refractivity contribution in [3.8, 4) is 18.1 Å². The molecule has 0 saturated heterocycles. The van der Waals surface area contributed by atoms with Crippen LogP contribution < -0.4 is 4.74 Å². The molecule has 1 N–H and O–H groups in total. The van der Waals surface area contributed by atoms with E-state index in [1.807, 2.05) is 0 Å². The van der Waals surface area contributed by atoms with Crippen molar-refractivity contribution in [2.75, 3.05) is 7.11 Å². The lowest BCUT2D eigenvalue weighted by Gasteiger charge is -2.57. The van der Waals surface area contributed by atoms with Crippen molar-refractivity contribution in [3.05, 3.63) is 64.2 Å². The van der Waals surface area contributed by atoms with Gasteiger partial charge in [0, 0.05) is 29.2 Å². The number of ether oxygens (including phenoxy) is 2. The minimum atomic E-state index is -1.27. The van der Waals surface area contributed by atoms with Crippen molar-refractivity contribution in [1.82, 2.24) is 0 Å². The maximum atomic E-state index is 12.9. The van der Waals surface area contributed by atoms with E-state index >= 15 is 0 Å². The Morgan fingerprint density at radius 1 is 0.981 bits per heavy atom. The molecule has 11 atom stereocenters. The Kier molecular flexibility index (Phi) is 9.10. The zero-order valence-electron chi connectivity index (χ0n) is 31.8. The molecule has 0 heterocycles. The first-order chi connectivity index (χ1) is 24.5. The van der Waals surface area contributed by atoms with Crippen LogP contribution in [0.25, 0.3) is 0 Å². The van der Waals surface area contributed by atoms with Gasteiger partial charge in [-0.1, -0.05) is 57.0 Å². The van der Waals surface area contributed by atoms with Crippen LogP contribution in [0.15, 0.2) is 53.1 Å². The Balaban J connectivity index is 0.000000166. The number of hydrogen-bond donors (Lipinski definition) is 1. The lowest BCUT2D eigenvalue weighted by molar-refractivity contribution is -0.179. The van der Waals surface area contributed by atoms with E-state index in [1.54, 1.807) is 13.2 Å².